The zero-order valence-electron chi connectivity index (χ0n) is 10.1. The van der Waals surface area contributed by atoms with Gasteiger partial charge in [-0.1, -0.05) is 29.3 Å². The number of nitrogens with one attached hydrogen (secondary N) is 1. The number of aromatic nitrogens is 1. The van der Waals surface area contributed by atoms with E-state index in [-0.39, 0.29) is 16.5 Å². The molecule has 1 aromatic carbocycles. The average Bonchev–Trinajstić information content (AvgIpc) is 2.41. The molecule has 1 aromatic heterocycles. The lowest BCUT2D eigenvalue weighted by molar-refractivity contribution is 0.0690. The Kier molecular flexibility index (Phi) is 4.32. The van der Waals surface area contributed by atoms with Crippen molar-refractivity contribution >= 4 is 34.9 Å². The summed E-state index contributed by atoms with van der Waals surface area (Å²) in [6, 6.07) is 6.02. The van der Waals surface area contributed by atoms with Gasteiger partial charge >= 0.3 is 5.97 Å². The van der Waals surface area contributed by atoms with Crippen LogP contribution in [0, 0.1) is 0 Å². The Morgan fingerprint density at radius 3 is 2.65 bits per heavy atom. The van der Waals surface area contributed by atoms with Crippen LogP contribution in [-0.4, -0.2) is 21.2 Å². The van der Waals surface area contributed by atoms with Crippen molar-refractivity contribution < 1.29 is 15.0 Å². The highest BCUT2D eigenvalue weighted by Gasteiger charge is 2.08. The molecule has 0 aliphatic heterocycles. The van der Waals surface area contributed by atoms with Gasteiger partial charge in [0.25, 0.3) is 0 Å². The predicted molar refractivity (Wildman–Crippen MR) is 76.6 cm³/mol. The number of pyridine rings is 1. The Balaban J connectivity index is 2.11. The summed E-state index contributed by atoms with van der Waals surface area (Å²) in [4.78, 5) is 14.5. The monoisotopic (exact) mass is 312 g/mol. The van der Waals surface area contributed by atoms with Crippen LogP contribution in [-0.2, 0) is 6.54 Å². The van der Waals surface area contributed by atoms with Crippen molar-refractivity contribution in [2.24, 2.45) is 0 Å². The van der Waals surface area contributed by atoms with Gasteiger partial charge < -0.3 is 15.5 Å². The first kappa shape index (κ1) is 14.4. The number of aromatic carboxylic acids is 1. The number of anilines is 1. The maximum Gasteiger partial charge on any atom is 0.354 e. The first-order valence-electron chi connectivity index (χ1n) is 5.57. The minimum absolute atomic E-state index is 0.0256. The number of nitrogens with zero attached hydrogens (tertiary/aromatic N) is 1. The van der Waals surface area contributed by atoms with Crippen molar-refractivity contribution in [2.45, 2.75) is 6.54 Å². The Morgan fingerprint density at radius 1 is 1.30 bits per heavy atom. The van der Waals surface area contributed by atoms with Crippen molar-refractivity contribution in [3.8, 4) is 5.75 Å². The van der Waals surface area contributed by atoms with Gasteiger partial charge in [-0.3, -0.25) is 0 Å². The van der Waals surface area contributed by atoms with Gasteiger partial charge in [0.2, 0.25) is 0 Å². The molecule has 0 bridgehead atoms. The summed E-state index contributed by atoms with van der Waals surface area (Å²) in [7, 11) is 0. The van der Waals surface area contributed by atoms with E-state index in [0.29, 0.717) is 17.3 Å². The van der Waals surface area contributed by atoms with Gasteiger partial charge in [0.05, 0.1) is 10.7 Å². The molecule has 0 amide bonds. The van der Waals surface area contributed by atoms with Crippen LogP contribution in [0.1, 0.15) is 16.1 Å². The fraction of sp³-hybridized carbons (Fsp3) is 0.0769. The van der Waals surface area contributed by atoms with E-state index < -0.39 is 5.97 Å². The third-order valence-electron chi connectivity index (χ3n) is 2.55. The smallest absolute Gasteiger partial charge is 0.354 e. The highest BCUT2D eigenvalue weighted by Crippen LogP contribution is 2.35. The van der Waals surface area contributed by atoms with Crippen LogP contribution in [0.2, 0.25) is 10.0 Å². The highest BCUT2D eigenvalue weighted by molar-refractivity contribution is 6.36. The minimum atomic E-state index is -1.08. The molecule has 0 radical (unpaired) electrons. The number of carbonyl (C=O) groups is 1. The third-order valence-corrected chi connectivity index (χ3v) is 3.06. The lowest BCUT2D eigenvalue weighted by Crippen LogP contribution is -2.03. The zero-order chi connectivity index (χ0) is 14.7. The van der Waals surface area contributed by atoms with Crippen LogP contribution in [0.3, 0.4) is 0 Å². The number of benzene rings is 1. The Labute approximate surface area is 124 Å². The Hall–Kier alpha value is -1.98. The van der Waals surface area contributed by atoms with E-state index in [0.717, 1.165) is 5.56 Å². The lowest BCUT2D eigenvalue weighted by atomic mass is 10.2. The second-order valence-electron chi connectivity index (χ2n) is 3.99. The molecule has 0 saturated carbocycles. The topological polar surface area (TPSA) is 82.5 Å². The van der Waals surface area contributed by atoms with Crippen LogP contribution in [0.15, 0.2) is 30.5 Å². The summed E-state index contributed by atoms with van der Waals surface area (Å²) in [5, 5.41) is 22.0. The molecule has 0 aliphatic rings. The van der Waals surface area contributed by atoms with Gasteiger partial charge in [0.1, 0.15) is 5.69 Å². The second kappa shape index (κ2) is 5.98. The molecule has 0 unspecified atom stereocenters. The largest absolute Gasteiger partial charge is 0.504 e. The molecular weight excluding hydrogens is 303 g/mol. The number of aromatic hydroxyl groups is 1. The van der Waals surface area contributed by atoms with Crippen molar-refractivity contribution in [1.82, 2.24) is 4.98 Å². The fourth-order valence-electron chi connectivity index (χ4n) is 1.55. The van der Waals surface area contributed by atoms with E-state index in [2.05, 4.69) is 10.3 Å². The van der Waals surface area contributed by atoms with Gasteiger partial charge in [0, 0.05) is 17.8 Å². The van der Waals surface area contributed by atoms with Gasteiger partial charge in [-0.15, -0.1) is 0 Å². The maximum absolute atomic E-state index is 10.7. The van der Waals surface area contributed by atoms with Gasteiger partial charge in [0.15, 0.2) is 5.75 Å². The summed E-state index contributed by atoms with van der Waals surface area (Å²) in [5.41, 5.74) is 1.12. The zero-order valence-corrected chi connectivity index (χ0v) is 11.6. The fourth-order valence-corrected chi connectivity index (χ4v) is 2.05. The molecule has 0 aliphatic carbocycles. The van der Waals surface area contributed by atoms with E-state index in [1.165, 1.54) is 18.3 Å². The normalized spacial score (nSPS) is 10.3. The first-order valence-corrected chi connectivity index (χ1v) is 6.33. The van der Waals surface area contributed by atoms with Gasteiger partial charge in [-0.05, 0) is 23.8 Å². The number of phenols is 1. The molecule has 104 valence electrons. The number of carboxylic acids is 1. The molecule has 5 nitrogen and oxygen atoms in total. The molecule has 2 aromatic rings. The number of halogens is 2. The van der Waals surface area contributed by atoms with Crippen LogP contribution in [0.5, 0.6) is 5.75 Å². The van der Waals surface area contributed by atoms with Crippen molar-refractivity contribution in [1.29, 1.82) is 0 Å². The summed E-state index contributed by atoms with van der Waals surface area (Å²) in [6.07, 6.45) is 1.44. The number of carboxylic acid groups (broad SMARTS) is 1. The summed E-state index contributed by atoms with van der Waals surface area (Å²) < 4.78 is 0. The SMILES string of the molecule is O=C(O)c1ccc(CNc2cc(Cl)cc(Cl)c2O)cn1. The molecule has 0 fully saturated rings. The summed E-state index contributed by atoms with van der Waals surface area (Å²) in [5.74, 6) is -1.17. The quantitative estimate of drug-likeness (QED) is 0.754. The summed E-state index contributed by atoms with van der Waals surface area (Å²) >= 11 is 11.7. The predicted octanol–water partition coefficient (Wildman–Crippen LogP) is 3.40. The minimum Gasteiger partial charge on any atom is -0.504 e. The Morgan fingerprint density at radius 2 is 2.05 bits per heavy atom. The molecule has 3 N–H and O–H groups in total. The van der Waals surface area contributed by atoms with E-state index in [9.17, 15) is 9.90 Å². The van der Waals surface area contributed by atoms with E-state index in [1.54, 1.807) is 12.1 Å². The standard InChI is InChI=1S/C13H10Cl2N2O3/c14-8-3-9(15)12(18)11(4-8)17-6-7-1-2-10(13(19)20)16-5-7/h1-5,17-18H,6H2,(H,19,20). The molecule has 1 heterocycles. The highest BCUT2D eigenvalue weighted by atomic mass is 35.5. The number of rotatable bonds is 4. The van der Waals surface area contributed by atoms with E-state index in [1.807, 2.05) is 0 Å². The number of phenolic OH excluding ortho intramolecular Hbond substituents is 1. The van der Waals surface area contributed by atoms with Crippen molar-refractivity contribution in [2.75, 3.05) is 5.32 Å². The average molecular weight is 313 g/mol. The van der Waals surface area contributed by atoms with E-state index >= 15 is 0 Å². The van der Waals surface area contributed by atoms with Crippen LogP contribution in [0.25, 0.3) is 0 Å². The molecule has 0 atom stereocenters. The maximum atomic E-state index is 10.7. The van der Waals surface area contributed by atoms with Gasteiger partial charge in [-0.2, -0.15) is 0 Å². The van der Waals surface area contributed by atoms with Crippen LogP contribution < -0.4 is 5.32 Å². The molecular formula is C13H10Cl2N2O3. The lowest BCUT2D eigenvalue weighted by Gasteiger charge is -2.10. The van der Waals surface area contributed by atoms with Crippen molar-refractivity contribution in [3.05, 3.63) is 51.8 Å². The third kappa shape index (κ3) is 3.31. The first-order chi connectivity index (χ1) is 9.47. The van der Waals surface area contributed by atoms with Crippen LogP contribution in [0.4, 0.5) is 5.69 Å². The number of hydrogen-bond acceptors (Lipinski definition) is 4. The molecule has 0 saturated heterocycles. The molecule has 0 spiro atoms. The molecule has 7 heteroatoms. The molecule has 2 rings (SSSR count). The van der Waals surface area contributed by atoms with Crippen LogP contribution >= 0.6 is 23.2 Å². The Bertz CT molecular complexity index is 645. The second-order valence-corrected chi connectivity index (χ2v) is 4.84. The van der Waals surface area contributed by atoms with E-state index in [4.69, 9.17) is 28.3 Å². The summed E-state index contributed by atoms with van der Waals surface area (Å²) in [6.45, 7) is 0.344. The van der Waals surface area contributed by atoms with Crippen molar-refractivity contribution in [3.63, 3.8) is 0 Å². The molecule has 20 heavy (non-hydrogen) atoms. The number of hydrogen-bond donors (Lipinski definition) is 3. The van der Waals surface area contributed by atoms with Gasteiger partial charge in [-0.25, -0.2) is 9.78 Å².